The predicted octanol–water partition coefficient (Wildman–Crippen LogP) is 1.28. The number of anilines is 1. The normalized spacial score (nSPS) is 18.3. The fourth-order valence-electron chi connectivity index (χ4n) is 2.18. The van der Waals surface area contributed by atoms with E-state index in [0.29, 0.717) is 12.4 Å². The Morgan fingerprint density at radius 3 is 2.56 bits per heavy atom. The van der Waals surface area contributed by atoms with E-state index in [0.717, 1.165) is 25.7 Å². The van der Waals surface area contributed by atoms with Crippen molar-refractivity contribution in [2.24, 2.45) is 0 Å². The maximum atomic E-state index is 10.6. The van der Waals surface area contributed by atoms with Crippen LogP contribution in [-0.2, 0) is 0 Å². The molecule has 0 bridgehead atoms. The van der Waals surface area contributed by atoms with Crippen LogP contribution < -0.4 is 5.32 Å². The zero-order chi connectivity index (χ0) is 13.0. The van der Waals surface area contributed by atoms with Gasteiger partial charge in [0, 0.05) is 6.54 Å². The highest BCUT2D eigenvalue weighted by molar-refractivity contribution is 5.85. The van der Waals surface area contributed by atoms with Crippen LogP contribution in [0.4, 0.5) is 5.82 Å². The van der Waals surface area contributed by atoms with Crippen molar-refractivity contribution in [2.75, 3.05) is 11.9 Å². The summed E-state index contributed by atoms with van der Waals surface area (Å²) in [6.45, 7) is 0.425. The minimum atomic E-state index is -1.10. The van der Waals surface area contributed by atoms with Crippen molar-refractivity contribution >= 4 is 11.8 Å². The minimum Gasteiger partial charge on any atom is -0.476 e. The van der Waals surface area contributed by atoms with Gasteiger partial charge in [-0.25, -0.2) is 4.79 Å². The standard InChI is InChI=1S/C12H17N3O3/c16-11(17)9-4-5-10(15-14-9)13-8-12(18)6-2-1-3-7-12/h4-5,18H,1-3,6-8H2,(H,13,15)(H,16,17). The molecule has 1 aromatic rings. The van der Waals surface area contributed by atoms with Gasteiger partial charge in [-0.1, -0.05) is 19.3 Å². The number of nitrogens with one attached hydrogen (secondary N) is 1. The maximum absolute atomic E-state index is 10.6. The van der Waals surface area contributed by atoms with Gasteiger partial charge in [-0.3, -0.25) is 0 Å². The van der Waals surface area contributed by atoms with E-state index in [2.05, 4.69) is 15.5 Å². The van der Waals surface area contributed by atoms with E-state index < -0.39 is 11.6 Å². The van der Waals surface area contributed by atoms with Crippen molar-refractivity contribution in [2.45, 2.75) is 37.7 Å². The van der Waals surface area contributed by atoms with E-state index in [1.807, 2.05) is 0 Å². The van der Waals surface area contributed by atoms with E-state index in [1.54, 1.807) is 6.07 Å². The number of carboxylic acid groups (broad SMARTS) is 1. The van der Waals surface area contributed by atoms with Crippen LogP contribution in [0.1, 0.15) is 42.6 Å². The van der Waals surface area contributed by atoms with Gasteiger partial charge in [-0.15, -0.1) is 10.2 Å². The Labute approximate surface area is 105 Å². The first kappa shape index (κ1) is 12.8. The monoisotopic (exact) mass is 251 g/mol. The molecule has 3 N–H and O–H groups in total. The summed E-state index contributed by atoms with van der Waals surface area (Å²) >= 11 is 0. The Morgan fingerprint density at radius 2 is 2.00 bits per heavy atom. The van der Waals surface area contributed by atoms with E-state index in [-0.39, 0.29) is 5.69 Å². The Morgan fingerprint density at radius 1 is 1.28 bits per heavy atom. The molecule has 0 spiro atoms. The lowest BCUT2D eigenvalue weighted by Gasteiger charge is -2.32. The molecule has 0 atom stereocenters. The summed E-state index contributed by atoms with van der Waals surface area (Å²) in [5, 5.41) is 29.3. The van der Waals surface area contributed by atoms with Gasteiger partial charge in [-0.05, 0) is 25.0 Å². The molecule has 1 aliphatic carbocycles. The Kier molecular flexibility index (Phi) is 3.76. The number of carboxylic acids is 1. The molecule has 6 heteroatoms. The molecule has 1 aliphatic rings. The van der Waals surface area contributed by atoms with Crippen LogP contribution in [0.2, 0.25) is 0 Å². The van der Waals surface area contributed by atoms with Crippen molar-refractivity contribution in [1.29, 1.82) is 0 Å². The molecule has 2 rings (SSSR count). The molecule has 18 heavy (non-hydrogen) atoms. The number of aliphatic hydroxyl groups is 1. The summed E-state index contributed by atoms with van der Waals surface area (Å²) in [4.78, 5) is 10.6. The van der Waals surface area contributed by atoms with Crippen LogP contribution >= 0.6 is 0 Å². The zero-order valence-corrected chi connectivity index (χ0v) is 10.1. The highest BCUT2D eigenvalue weighted by Gasteiger charge is 2.28. The van der Waals surface area contributed by atoms with Crippen molar-refractivity contribution in [3.8, 4) is 0 Å². The average molecular weight is 251 g/mol. The third-order valence-corrected chi connectivity index (χ3v) is 3.27. The molecule has 1 fully saturated rings. The molecule has 0 aliphatic heterocycles. The molecule has 0 radical (unpaired) electrons. The van der Waals surface area contributed by atoms with Gasteiger partial charge in [0.2, 0.25) is 0 Å². The molecule has 0 amide bonds. The highest BCUT2D eigenvalue weighted by atomic mass is 16.4. The smallest absolute Gasteiger partial charge is 0.356 e. The van der Waals surface area contributed by atoms with E-state index in [9.17, 15) is 9.90 Å². The average Bonchev–Trinajstić information content (AvgIpc) is 2.38. The summed E-state index contributed by atoms with van der Waals surface area (Å²) in [6.07, 6.45) is 4.85. The van der Waals surface area contributed by atoms with Gasteiger partial charge in [-0.2, -0.15) is 0 Å². The second kappa shape index (κ2) is 5.30. The molecule has 0 aromatic carbocycles. The van der Waals surface area contributed by atoms with Crippen molar-refractivity contribution in [1.82, 2.24) is 10.2 Å². The SMILES string of the molecule is O=C(O)c1ccc(NCC2(O)CCCCC2)nn1. The van der Waals surface area contributed by atoms with Crippen LogP contribution in [0.25, 0.3) is 0 Å². The zero-order valence-electron chi connectivity index (χ0n) is 10.1. The van der Waals surface area contributed by atoms with Crippen molar-refractivity contribution in [3.05, 3.63) is 17.8 Å². The number of aromatic nitrogens is 2. The molecule has 98 valence electrons. The molecule has 1 heterocycles. The molecule has 6 nitrogen and oxygen atoms in total. The first-order valence-corrected chi connectivity index (χ1v) is 6.12. The summed E-state index contributed by atoms with van der Waals surface area (Å²) in [5.41, 5.74) is -0.761. The lowest BCUT2D eigenvalue weighted by Crippen LogP contribution is -2.39. The lowest BCUT2D eigenvalue weighted by molar-refractivity contribution is 0.0166. The Hall–Kier alpha value is -1.69. The highest BCUT2D eigenvalue weighted by Crippen LogP contribution is 2.27. The fourth-order valence-corrected chi connectivity index (χ4v) is 2.18. The molecule has 0 saturated heterocycles. The third-order valence-electron chi connectivity index (χ3n) is 3.27. The van der Waals surface area contributed by atoms with Crippen LogP contribution in [-0.4, -0.2) is 38.5 Å². The number of carbonyl (C=O) groups is 1. The number of aromatic carboxylic acids is 1. The summed E-state index contributed by atoms with van der Waals surface area (Å²) in [6, 6.07) is 2.95. The molecular formula is C12H17N3O3. The number of nitrogens with zero attached hydrogens (tertiary/aromatic N) is 2. The number of rotatable bonds is 4. The van der Waals surface area contributed by atoms with E-state index in [1.165, 1.54) is 12.5 Å². The third kappa shape index (κ3) is 3.16. The van der Waals surface area contributed by atoms with Crippen molar-refractivity contribution in [3.63, 3.8) is 0 Å². The second-order valence-corrected chi connectivity index (χ2v) is 4.75. The predicted molar refractivity (Wildman–Crippen MR) is 65.5 cm³/mol. The van der Waals surface area contributed by atoms with Crippen LogP contribution in [0, 0.1) is 0 Å². The molecule has 1 saturated carbocycles. The van der Waals surface area contributed by atoms with Crippen LogP contribution in [0.5, 0.6) is 0 Å². The first-order valence-electron chi connectivity index (χ1n) is 6.12. The van der Waals surface area contributed by atoms with Gasteiger partial charge < -0.3 is 15.5 Å². The topological polar surface area (TPSA) is 95.3 Å². The summed E-state index contributed by atoms with van der Waals surface area (Å²) in [5.74, 6) is -0.612. The van der Waals surface area contributed by atoms with Gasteiger partial charge in [0.05, 0.1) is 5.60 Å². The van der Waals surface area contributed by atoms with Gasteiger partial charge in [0.1, 0.15) is 5.82 Å². The van der Waals surface area contributed by atoms with Gasteiger partial charge >= 0.3 is 5.97 Å². The first-order chi connectivity index (χ1) is 8.59. The summed E-state index contributed by atoms with van der Waals surface area (Å²) in [7, 11) is 0. The van der Waals surface area contributed by atoms with Crippen molar-refractivity contribution < 1.29 is 15.0 Å². The van der Waals surface area contributed by atoms with E-state index >= 15 is 0 Å². The van der Waals surface area contributed by atoms with Crippen LogP contribution in [0.15, 0.2) is 12.1 Å². The largest absolute Gasteiger partial charge is 0.476 e. The fraction of sp³-hybridized carbons (Fsp3) is 0.583. The Balaban J connectivity index is 1.91. The summed E-state index contributed by atoms with van der Waals surface area (Å²) < 4.78 is 0. The molecular weight excluding hydrogens is 234 g/mol. The number of hydrogen-bond acceptors (Lipinski definition) is 5. The molecule has 1 aromatic heterocycles. The molecule has 0 unspecified atom stereocenters. The lowest BCUT2D eigenvalue weighted by atomic mass is 9.85. The minimum absolute atomic E-state index is 0.0862. The van der Waals surface area contributed by atoms with Gasteiger partial charge in [0.15, 0.2) is 5.69 Å². The van der Waals surface area contributed by atoms with Gasteiger partial charge in [0.25, 0.3) is 0 Å². The van der Waals surface area contributed by atoms with E-state index in [4.69, 9.17) is 5.11 Å². The quantitative estimate of drug-likeness (QED) is 0.746. The Bertz CT molecular complexity index is 413. The second-order valence-electron chi connectivity index (χ2n) is 4.75. The number of hydrogen-bond donors (Lipinski definition) is 3. The van der Waals surface area contributed by atoms with Crippen LogP contribution in [0.3, 0.4) is 0 Å². The maximum Gasteiger partial charge on any atom is 0.356 e.